The molecule has 0 N–H and O–H groups in total. The second-order valence-corrected chi connectivity index (χ2v) is 6.76. The highest BCUT2D eigenvalue weighted by molar-refractivity contribution is 7.20. The zero-order valence-corrected chi connectivity index (χ0v) is 14.4. The molecule has 8 heteroatoms. The van der Waals surface area contributed by atoms with Gasteiger partial charge in [-0.15, -0.1) is 32.9 Å². The third-order valence-corrected chi connectivity index (χ3v) is 5.14. The molecule has 0 amide bonds. The van der Waals surface area contributed by atoms with Gasteiger partial charge in [0.05, 0.1) is 4.88 Å². The summed E-state index contributed by atoms with van der Waals surface area (Å²) in [5.41, 5.74) is 1.09. The number of nitrogens with zero attached hydrogens (tertiary/aromatic N) is 3. The predicted octanol–water partition coefficient (Wildman–Crippen LogP) is 4.28. The average molecular weight is 369 g/mol. The van der Waals surface area contributed by atoms with Crippen LogP contribution in [0.3, 0.4) is 0 Å². The predicted molar refractivity (Wildman–Crippen MR) is 94.3 cm³/mol. The van der Waals surface area contributed by atoms with Crippen molar-refractivity contribution in [1.29, 1.82) is 0 Å². The fourth-order valence-electron chi connectivity index (χ4n) is 2.09. The van der Waals surface area contributed by atoms with E-state index in [2.05, 4.69) is 15.2 Å². The lowest BCUT2D eigenvalue weighted by Gasteiger charge is -1.98. The highest BCUT2D eigenvalue weighted by Gasteiger charge is 2.16. The fraction of sp³-hybridized carbons (Fsp3) is 0.0588. The molecule has 6 nitrogen and oxygen atoms in total. The molecule has 25 heavy (non-hydrogen) atoms. The minimum absolute atomic E-state index is 0.0927. The molecule has 0 atom stereocenters. The molecule has 0 fully saturated rings. The van der Waals surface area contributed by atoms with Crippen LogP contribution in [0.1, 0.15) is 16.4 Å². The van der Waals surface area contributed by atoms with Crippen molar-refractivity contribution in [3.63, 3.8) is 0 Å². The first-order valence-corrected chi connectivity index (χ1v) is 9.10. The molecule has 0 aliphatic rings. The molecule has 0 saturated heterocycles. The summed E-state index contributed by atoms with van der Waals surface area (Å²) < 4.78 is 10.7. The molecule has 0 aliphatic heterocycles. The van der Waals surface area contributed by atoms with Gasteiger partial charge in [0.1, 0.15) is 5.01 Å². The molecular weight excluding hydrogens is 358 g/mol. The quantitative estimate of drug-likeness (QED) is 0.489. The normalized spacial score (nSPS) is 10.7. The Kier molecular flexibility index (Phi) is 4.36. The summed E-state index contributed by atoms with van der Waals surface area (Å²) in [4.78, 5) is 17.4. The van der Waals surface area contributed by atoms with Crippen molar-refractivity contribution >= 4 is 28.6 Å². The molecule has 0 aliphatic carbocycles. The Morgan fingerprint density at radius 3 is 2.76 bits per heavy atom. The van der Waals surface area contributed by atoms with Gasteiger partial charge in [-0.2, -0.15) is 0 Å². The third-order valence-electron chi connectivity index (χ3n) is 3.26. The second kappa shape index (κ2) is 6.96. The minimum Gasteiger partial charge on any atom is -0.451 e. The van der Waals surface area contributed by atoms with Crippen molar-refractivity contribution < 1.29 is 13.9 Å². The number of benzene rings is 1. The lowest BCUT2D eigenvalue weighted by molar-refractivity contribution is 0.0433. The Labute approximate surface area is 150 Å². The maximum Gasteiger partial charge on any atom is 0.358 e. The highest BCUT2D eigenvalue weighted by Crippen LogP contribution is 2.28. The van der Waals surface area contributed by atoms with Crippen LogP contribution < -0.4 is 0 Å². The van der Waals surface area contributed by atoms with E-state index in [1.165, 1.54) is 11.3 Å². The van der Waals surface area contributed by atoms with Crippen LogP contribution >= 0.6 is 22.7 Å². The van der Waals surface area contributed by atoms with Crippen molar-refractivity contribution in [3.05, 3.63) is 64.8 Å². The molecular formula is C17H11N3O3S2. The summed E-state index contributed by atoms with van der Waals surface area (Å²) in [7, 11) is 0. The van der Waals surface area contributed by atoms with Gasteiger partial charge in [0.25, 0.3) is 5.89 Å². The van der Waals surface area contributed by atoms with E-state index in [1.54, 1.807) is 16.7 Å². The molecule has 1 aromatic carbocycles. The summed E-state index contributed by atoms with van der Waals surface area (Å²) in [5, 5.41) is 12.3. The van der Waals surface area contributed by atoms with E-state index in [4.69, 9.17) is 9.15 Å². The van der Waals surface area contributed by atoms with Crippen molar-refractivity contribution in [2.75, 3.05) is 0 Å². The first-order valence-electron chi connectivity index (χ1n) is 7.34. The van der Waals surface area contributed by atoms with Crippen molar-refractivity contribution in [1.82, 2.24) is 15.2 Å². The second-order valence-electron chi connectivity index (χ2n) is 4.96. The van der Waals surface area contributed by atoms with E-state index >= 15 is 0 Å². The maximum absolute atomic E-state index is 12.1. The monoisotopic (exact) mass is 369 g/mol. The SMILES string of the molecule is O=C(OCc1nnc(-c2ccccc2)o1)c1csc(-c2cccs2)n1. The number of carbonyl (C=O) groups excluding carboxylic acids is 1. The lowest BCUT2D eigenvalue weighted by Crippen LogP contribution is -2.05. The minimum atomic E-state index is -0.515. The van der Waals surface area contributed by atoms with Crippen molar-refractivity contribution in [2.45, 2.75) is 6.61 Å². The van der Waals surface area contributed by atoms with Gasteiger partial charge in [-0.25, -0.2) is 9.78 Å². The topological polar surface area (TPSA) is 78.1 Å². The van der Waals surface area contributed by atoms with E-state index in [0.29, 0.717) is 5.89 Å². The Bertz CT molecular complexity index is 978. The number of esters is 1. The van der Waals surface area contributed by atoms with Crippen LogP contribution in [0.25, 0.3) is 21.3 Å². The molecule has 3 heterocycles. The Morgan fingerprint density at radius 2 is 1.96 bits per heavy atom. The summed E-state index contributed by atoms with van der Waals surface area (Å²) in [6.07, 6.45) is 0. The van der Waals surface area contributed by atoms with Gasteiger partial charge >= 0.3 is 5.97 Å². The van der Waals surface area contributed by atoms with Crippen molar-refractivity contribution in [2.24, 2.45) is 0 Å². The Morgan fingerprint density at radius 1 is 1.08 bits per heavy atom. The zero-order valence-electron chi connectivity index (χ0n) is 12.8. The number of thiazole rings is 1. The smallest absolute Gasteiger partial charge is 0.358 e. The standard InChI is InChI=1S/C17H11N3O3S2/c21-17(12-10-25-16(18-12)13-7-4-8-24-13)22-9-14-19-20-15(23-14)11-5-2-1-3-6-11/h1-8,10H,9H2. The van der Waals surface area contributed by atoms with Crippen LogP contribution in [-0.2, 0) is 11.3 Å². The zero-order chi connectivity index (χ0) is 17.1. The largest absolute Gasteiger partial charge is 0.451 e. The molecule has 0 saturated carbocycles. The lowest BCUT2D eigenvalue weighted by atomic mass is 10.2. The molecule has 3 aromatic heterocycles. The number of aromatic nitrogens is 3. The van der Waals surface area contributed by atoms with Gasteiger partial charge < -0.3 is 9.15 Å². The maximum atomic E-state index is 12.1. The van der Waals surface area contributed by atoms with Gasteiger partial charge in [0.15, 0.2) is 12.3 Å². The Hall–Kier alpha value is -2.84. The molecule has 0 bridgehead atoms. The van der Waals surface area contributed by atoms with Gasteiger partial charge in [-0.1, -0.05) is 24.3 Å². The third kappa shape index (κ3) is 3.49. The van der Waals surface area contributed by atoms with Crippen LogP contribution in [0.4, 0.5) is 0 Å². The number of carbonyl (C=O) groups is 1. The summed E-state index contributed by atoms with van der Waals surface area (Å²) in [5.74, 6) is 0.111. The van der Waals surface area contributed by atoms with E-state index in [9.17, 15) is 4.79 Å². The summed E-state index contributed by atoms with van der Waals surface area (Å²) in [6, 6.07) is 13.3. The number of rotatable bonds is 5. The van der Waals surface area contributed by atoms with Gasteiger partial charge in [0, 0.05) is 10.9 Å². The number of hydrogen-bond donors (Lipinski definition) is 0. The van der Waals surface area contributed by atoms with Crippen LogP contribution in [0.5, 0.6) is 0 Å². The first-order chi connectivity index (χ1) is 12.3. The van der Waals surface area contributed by atoms with Gasteiger partial charge in [-0.3, -0.25) is 0 Å². The number of thiophene rings is 1. The Balaban J connectivity index is 1.40. The van der Waals surface area contributed by atoms with Gasteiger partial charge in [0.2, 0.25) is 5.89 Å². The number of hydrogen-bond acceptors (Lipinski definition) is 8. The highest BCUT2D eigenvalue weighted by atomic mass is 32.1. The van der Waals surface area contributed by atoms with E-state index in [-0.39, 0.29) is 18.2 Å². The van der Waals surface area contributed by atoms with Crippen LogP contribution in [-0.4, -0.2) is 21.2 Å². The van der Waals surface area contributed by atoms with Crippen LogP contribution in [0.15, 0.2) is 57.6 Å². The average Bonchev–Trinajstić information content (AvgIpc) is 3.41. The summed E-state index contributed by atoms with van der Waals surface area (Å²) >= 11 is 2.98. The van der Waals surface area contributed by atoms with E-state index in [1.807, 2.05) is 47.8 Å². The van der Waals surface area contributed by atoms with Crippen LogP contribution in [0.2, 0.25) is 0 Å². The molecule has 4 aromatic rings. The fourth-order valence-corrected chi connectivity index (χ4v) is 3.69. The van der Waals surface area contributed by atoms with Crippen molar-refractivity contribution in [3.8, 4) is 21.3 Å². The van der Waals surface area contributed by atoms with Crippen LogP contribution in [0, 0.1) is 0 Å². The van der Waals surface area contributed by atoms with Gasteiger partial charge in [-0.05, 0) is 23.6 Å². The molecule has 124 valence electrons. The molecule has 0 unspecified atom stereocenters. The molecule has 0 radical (unpaired) electrons. The number of ether oxygens (including phenoxy) is 1. The van der Waals surface area contributed by atoms with E-state index < -0.39 is 5.97 Å². The molecule has 0 spiro atoms. The summed E-state index contributed by atoms with van der Waals surface area (Å²) in [6.45, 7) is -0.0927. The molecule has 4 rings (SSSR count). The van der Waals surface area contributed by atoms with E-state index in [0.717, 1.165) is 15.4 Å². The first kappa shape index (κ1) is 15.7.